The monoisotopic (exact) mass is 155 g/mol. The van der Waals surface area contributed by atoms with E-state index in [-0.39, 0.29) is 5.91 Å². The molecule has 2 heteroatoms. The first-order valence-corrected chi connectivity index (χ1v) is 4.42. The molecule has 1 unspecified atom stereocenters. The summed E-state index contributed by atoms with van der Waals surface area (Å²) < 4.78 is 0. The second-order valence-electron chi connectivity index (χ2n) is 3.44. The molecule has 64 valence electrons. The number of carbonyl (C=O) groups is 1. The van der Waals surface area contributed by atoms with Crippen LogP contribution in [0.3, 0.4) is 0 Å². The average molecular weight is 155 g/mol. The zero-order chi connectivity index (χ0) is 8.43. The van der Waals surface area contributed by atoms with Crippen LogP contribution in [0, 0.1) is 5.92 Å². The molecule has 0 bridgehead atoms. The predicted octanol–water partition coefficient (Wildman–Crippen LogP) is 1.65. The lowest BCUT2D eigenvalue weighted by Crippen LogP contribution is -2.35. The smallest absolute Gasteiger partial charge is 0.222 e. The van der Waals surface area contributed by atoms with Crippen molar-refractivity contribution in [3.8, 4) is 0 Å². The van der Waals surface area contributed by atoms with Gasteiger partial charge in [0.15, 0.2) is 0 Å². The summed E-state index contributed by atoms with van der Waals surface area (Å²) in [5.74, 6) is 1.06. The zero-order valence-electron chi connectivity index (χ0n) is 7.63. The van der Waals surface area contributed by atoms with Crippen LogP contribution < -0.4 is 0 Å². The Morgan fingerprint density at radius 3 is 2.55 bits per heavy atom. The molecule has 1 atom stereocenters. The molecule has 0 N–H and O–H groups in total. The van der Waals surface area contributed by atoms with E-state index in [4.69, 9.17) is 0 Å². The molecule has 1 aliphatic carbocycles. The van der Waals surface area contributed by atoms with Crippen LogP contribution >= 0.6 is 0 Å². The third-order valence-corrected chi connectivity index (χ3v) is 2.61. The molecular weight excluding hydrogens is 138 g/mol. The van der Waals surface area contributed by atoms with Crippen LogP contribution in [0.15, 0.2) is 0 Å². The van der Waals surface area contributed by atoms with Gasteiger partial charge >= 0.3 is 0 Å². The summed E-state index contributed by atoms with van der Waals surface area (Å²) in [6.07, 6.45) is 3.25. The highest BCUT2D eigenvalue weighted by atomic mass is 16.2. The van der Waals surface area contributed by atoms with E-state index in [9.17, 15) is 4.79 Å². The molecule has 1 saturated carbocycles. The molecule has 1 rings (SSSR count). The first kappa shape index (κ1) is 8.57. The maximum atomic E-state index is 11.2. The van der Waals surface area contributed by atoms with E-state index >= 15 is 0 Å². The molecule has 11 heavy (non-hydrogen) atoms. The topological polar surface area (TPSA) is 20.3 Å². The zero-order valence-corrected chi connectivity index (χ0v) is 7.63. The summed E-state index contributed by atoms with van der Waals surface area (Å²) in [6, 6.07) is 0.461. The minimum Gasteiger partial charge on any atom is -0.343 e. The third-order valence-electron chi connectivity index (χ3n) is 2.61. The molecule has 0 radical (unpaired) electrons. The molecule has 1 amide bonds. The number of hydrogen-bond donors (Lipinski definition) is 0. The Labute approximate surface area is 68.6 Å². The highest BCUT2D eigenvalue weighted by molar-refractivity contribution is 5.75. The maximum Gasteiger partial charge on any atom is 0.222 e. The highest BCUT2D eigenvalue weighted by Gasteiger charge is 2.31. The summed E-state index contributed by atoms with van der Waals surface area (Å²) >= 11 is 0. The van der Waals surface area contributed by atoms with E-state index in [2.05, 4.69) is 6.92 Å². The van der Waals surface area contributed by atoms with Gasteiger partial charge in [-0.05, 0) is 25.7 Å². The third kappa shape index (κ3) is 1.95. The molecule has 0 aromatic carbocycles. The maximum absolute atomic E-state index is 11.2. The molecule has 2 nitrogen and oxygen atoms in total. The standard InChI is InChI=1S/C9H17NO/c1-4-9(11)10(3)7(2)8-5-6-8/h7-8H,4-6H2,1-3H3. The van der Waals surface area contributed by atoms with Gasteiger partial charge in [0.05, 0.1) is 0 Å². The quantitative estimate of drug-likeness (QED) is 0.607. The Morgan fingerprint density at radius 2 is 2.18 bits per heavy atom. The lowest BCUT2D eigenvalue weighted by atomic mass is 10.2. The molecule has 0 saturated heterocycles. The second-order valence-corrected chi connectivity index (χ2v) is 3.44. The molecule has 0 spiro atoms. The average Bonchev–Trinajstić information content (AvgIpc) is 2.82. The van der Waals surface area contributed by atoms with Crippen molar-refractivity contribution in [1.29, 1.82) is 0 Å². The molecule has 0 aromatic heterocycles. The minimum absolute atomic E-state index is 0.268. The minimum atomic E-state index is 0.268. The van der Waals surface area contributed by atoms with Gasteiger partial charge in [-0.2, -0.15) is 0 Å². The van der Waals surface area contributed by atoms with Crippen LogP contribution in [0.2, 0.25) is 0 Å². The molecule has 0 aromatic rings. The normalized spacial score (nSPS) is 19.5. The van der Waals surface area contributed by atoms with Crippen molar-refractivity contribution < 1.29 is 4.79 Å². The lowest BCUT2D eigenvalue weighted by Gasteiger charge is -2.24. The summed E-state index contributed by atoms with van der Waals surface area (Å²) in [7, 11) is 1.91. The van der Waals surface area contributed by atoms with Gasteiger partial charge in [-0.15, -0.1) is 0 Å². The van der Waals surface area contributed by atoms with Crippen LogP contribution in [0.1, 0.15) is 33.1 Å². The molecule has 0 heterocycles. The van der Waals surface area contributed by atoms with E-state index in [1.807, 2.05) is 18.9 Å². The van der Waals surface area contributed by atoms with Gasteiger partial charge < -0.3 is 4.90 Å². The van der Waals surface area contributed by atoms with Gasteiger partial charge in [-0.25, -0.2) is 0 Å². The van der Waals surface area contributed by atoms with Crippen LogP contribution in [-0.2, 0) is 4.79 Å². The van der Waals surface area contributed by atoms with Crippen LogP contribution in [-0.4, -0.2) is 23.9 Å². The molecular formula is C9H17NO. The number of amides is 1. The van der Waals surface area contributed by atoms with Crippen LogP contribution in [0.25, 0.3) is 0 Å². The van der Waals surface area contributed by atoms with Gasteiger partial charge in [0.25, 0.3) is 0 Å². The molecule has 1 fully saturated rings. The van der Waals surface area contributed by atoms with Crippen molar-refractivity contribution in [1.82, 2.24) is 4.90 Å². The predicted molar refractivity (Wildman–Crippen MR) is 45.2 cm³/mol. The molecule has 1 aliphatic rings. The van der Waals surface area contributed by atoms with E-state index in [1.54, 1.807) is 0 Å². The van der Waals surface area contributed by atoms with E-state index < -0.39 is 0 Å². The summed E-state index contributed by atoms with van der Waals surface area (Å²) in [4.78, 5) is 13.1. The lowest BCUT2D eigenvalue weighted by molar-refractivity contribution is -0.131. The van der Waals surface area contributed by atoms with Crippen molar-refractivity contribution in [3.05, 3.63) is 0 Å². The number of carbonyl (C=O) groups excluding carboxylic acids is 1. The Bertz CT molecular complexity index is 152. The van der Waals surface area contributed by atoms with Gasteiger partial charge in [0.1, 0.15) is 0 Å². The van der Waals surface area contributed by atoms with Gasteiger partial charge in [0.2, 0.25) is 5.91 Å². The van der Waals surface area contributed by atoms with Gasteiger partial charge in [0, 0.05) is 19.5 Å². The van der Waals surface area contributed by atoms with Crippen molar-refractivity contribution in [2.75, 3.05) is 7.05 Å². The fourth-order valence-electron chi connectivity index (χ4n) is 1.37. The fourth-order valence-corrected chi connectivity index (χ4v) is 1.37. The second kappa shape index (κ2) is 3.24. The summed E-state index contributed by atoms with van der Waals surface area (Å²) in [5, 5.41) is 0. The number of hydrogen-bond acceptors (Lipinski definition) is 1. The Kier molecular flexibility index (Phi) is 2.53. The Balaban J connectivity index is 2.38. The number of nitrogens with zero attached hydrogens (tertiary/aromatic N) is 1. The van der Waals surface area contributed by atoms with E-state index in [1.165, 1.54) is 12.8 Å². The Morgan fingerprint density at radius 1 is 1.64 bits per heavy atom. The van der Waals surface area contributed by atoms with Crippen molar-refractivity contribution in [2.45, 2.75) is 39.2 Å². The van der Waals surface area contributed by atoms with Crippen molar-refractivity contribution in [2.24, 2.45) is 5.92 Å². The summed E-state index contributed by atoms with van der Waals surface area (Å²) in [6.45, 7) is 4.06. The van der Waals surface area contributed by atoms with Gasteiger partial charge in [-0.1, -0.05) is 6.92 Å². The van der Waals surface area contributed by atoms with Crippen LogP contribution in [0.5, 0.6) is 0 Å². The van der Waals surface area contributed by atoms with E-state index in [0.29, 0.717) is 12.5 Å². The highest BCUT2D eigenvalue weighted by Crippen LogP contribution is 2.34. The Hall–Kier alpha value is -0.530. The SMILES string of the molecule is CCC(=O)N(C)C(C)C1CC1. The number of rotatable bonds is 3. The van der Waals surface area contributed by atoms with Gasteiger partial charge in [-0.3, -0.25) is 4.79 Å². The van der Waals surface area contributed by atoms with Crippen molar-refractivity contribution >= 4 is 5.91 Å². The fraction of sp³-hybridized carbons (Fsp3) is 0.889. The van der Waals surface area contributed by atoms with E-state index in [0.717, 1.165) is 5.92 Å². The van der Waals surface area contributed by atoms with Crippen LogP contribution in [0.4, 0.5) is 0 Å². The first-order valence-electron chi connectivity index (χ1n) is 4.42. The largest absolute Gasteiger partial charge is 0.343 e. The molecule has 0 aliphatic heterocycles. The first-order chi connectivity index (χ1) is 5.16. The summed E-state index contributed by atoms with van der Waals surface area (Å²) in [5.41, 5.74) is 0. The van der Waals surface area contributed by atoms with Crippen molar-refractivity contribution in [3.63, 3.8) is 0 Å².